The molecule has 4 heteroatoms. The van der Waals surface area contributed by atoms with Gasteiger partial charge < -0.3 is 0 Å². The van der Waals surface area contributed by atoms with Gasteiger partial charge in [-0.05, 0) is 6.42 Å². The van der Waals surface area contributed by atoms with Gasteiger partial charge in [0.1, 0.15) is 0 Å². The molecule has 0 spiro atoms. The van der Waals surface area contributed by atoms with Crippen molar-refractivity contribution in [3.63, 3.8) is 0 Å². The van der Waals surface area contributed by atoms with Crippen molar-refractivity contribution in [3.8, 4) is 0 Å². The zero-order chi connectivity index (χ0) is 6.69. The smallest absolute Gasteiger partial charge is 0.0951 e. The van der Waals surface area contributed by atoms with Crippen LogP contribution in [0.1, 0.15) is 17.4 Å². The predicted molar refractivity (Wildman–Crippen MR) is 38.1 cm³/mol. The second-order valence-corrected chi connectivity index (χ2v) is 2.33. The molecular weight excluding hydrogens is 134 g/mol. The number of aromatic amines is 1. The third-order valence-corrected chi connectivity index (χ3v) is 1.57. The van der Waals surface area contributed by atoms with E-state index in [9.17, 15) is 0 Å². The van der Waals surface area contributed by atoms with Crippen LogP contribution in [0.4, 0.5) is 0 Å². The summed E-state index contributed by atoms with van der Waals surface area (Å²) < 4.78 is 0. The van der Waals surface area contributed by atoms with Crippen LogP contribution in [0.3, 0.4) is 0 Å². The van der Waals surface area contributed by atoms with Crippen molar-refractivity contribution in [2.75, 3.05) is 0 Å². The van der Waals surface area contributed by atoms with Crippen molar-refractivity contribution in [2.45, 2.75) is 11.7 Å². The molecule has 0 fully saturated rings. The van der Waals surface area contributed by atoms with E-state index in [1.807, 2.05) is 0 Å². The number of nitrogens with one attached hydrogen (secondary N) is 1. The molecule has 0 aliphatic heterocycles. The third-order valence-electron chi connectivity index (χ3n) is 1.05. The molecule has 9 heavy (non-hydrogen) atoms. The van der Waals surface area contributed by atoms with Crippen LogP contribution in [0.2, 0.25) is 0 Å². The zero-order valence-electron chi connectivity index (χ0n) is 4.91. The fourth-order valence-electron chi connectivity index (χ4n) is 0.521. The summed E-state index contributed by atoms with van der Waals surface area (Å²) in [6.07, 6.45) is 2.46. The lowest BCUT2D eigenvalue weighted by Gasteiger charge is -1.98. The molecule has 0 aliphatic rings. The molecule has 1 aromatic rings. The molecule has 1 rings (SSSR count). The summed E-state index contributed by atoms with van der Waals surface area (Å²) in [5.41, 5.74) is 0.855. The maximum atomic E-state index is 4.20. The molecule has 1 unspecified atom stereocenters. The number of thiol groups is 1. The molecule has 0 saturated heterocycles. The van der Waals surface area contributed by atoms with Gasteiger partial charge in [0.25, 0.3) is 0 Å². The predicted octanol–water partition coefficient (Wildman–Crippen LogP) is 1.000. The van der Waals surface area contributed by atoms with Crippen molar-refractivity contribution >= 4 is 12.6 Å². The molecule has 1 N–H and O–H groups in total. The van der Waals surface area contributed by atoms with E-state index < -0.39 is 0 Å². The minimum atomic E-state index is 0.115. The molecule has 1 atom stereocenters. The summed E-state index contributed by atoms with van der Waals surface area (Å²) in [6, 6.07) is 0. The van der Waals surface area contributed by atoms with Crippen molar-refractivity contribution in [1.29, 1.82) is 0 Å². The van der Waals surface area contributed by atoms with Crippen molar-refractivity contribution in [2.24, 2.45) is 0 Å². The summed E-state index contributed by atoms with van der Waals surface area (Å²) in [6.45, 7) is 3.68. The highest BCUT2D eigenvalue weighted by Gasteiger charge is 2.04. The van der Waals surface area contributed by atoms with Crippen LogP contribution >= 0.6 is 12.6 Å². The van der Waals surface area contributed by atoms with Gasteiger partial charge in [-0.3, -0.25) is 5.10 Å². The van der Waals surface area contributed by atoms with E-state index in [2.05, 4.69) is 35.0 Å². The maximum Gasteiger partial charge on any atom is 0.0951 e. The summed E-state index contributed by atoms with van der Waals surface area (Å²) in [5.74, 6) is 0. The summed E-state index contributed by atoms with van der Waals surface area (Å²) in [5, 5.41) is 10.0. The number of H-pyrrole nitrogens is 1. The van der Waals surface area contributed by atoms with Crippen LogP contribution in [0.15, 0.2) is 6.20 Å². The van der Waals surface area contributed by atoms with E-state index in [4.69, 9.17) is 0 Å². The Balaban J connectivity index is 2.65. The average molecular weight is 142 g/mol. The normalized spacial score (nSPS) is 13.6. The molecule has 1 aromatic heterocycles. The molecule has 0 bridgehead atoms. The highest BCUT2D eigenvalue weighted by Crippen LogP contribution is 2.18. The lowest BCUT2D eigenvalue weighted by Crippen LogP contribution is -1.87. The number of hydrogen-bond donors (Lipinski definition) is 2. The Bertz CT molecular complexity index is 161. The Morgan fingerprint density at radius 1 is 1.89 bits per heavy atom. The first-order valence-corrected chi connectivity index (χ1v) is 3.20. The van der Waals surface area contributed by atoms with E-state index in [1.165, 1.54) is 0 Å². The lowest BCUT2D eigenvalue weighted by atomic mass is 10.3. The number of rotatable bonds is 2. The maximum absolute atomic E-state index is 4.20. The first-order chi connectivity index (χ1) is 4.34. The monoisotopic (exact) mass is 142 g/mol. The van der Waals surface area contributed by atoms with Crippen LogP contribution in [-0.2, 0) is 0 Å². The van der Waals surface area contributed by atoms with Crippen LogP contribution in [-0.4, -0.2) is 15.4 Å². The number of aromatic nitrogens is 3. The Morgan fingerprint density at radius 3 is 3.11 bits per heavy atom. The van der Waals surface area contributed by atoms with Gasteiger partial charge in [0, 0.05) is 11.4 Å². The highest BCUT2D eigenvalue weighted by molar-refractivity contribution is 7.80. The van der Waals surface area contributed by atoms with Gasteiger partial charge in [-0.15, -0.1) is 5.10 Å². The molecule has 3 nitrogen and oxygen atoms in total. The second kappa shape index (κ2) is 2.87. The van der Waals surface area contributed by atoms with Gasteiger partial charge >= 0.3 is 0 Å². The van der Waals surface area contributed by atoms with E-state index >= 15 is 0 Å². The lowest BCUT2D eigenvalue weighted by molar-refractivity contribution is 0.873. The van der Waals surface area contributed by atoms with Gasteiger partial charge in [-0.1, -0.05) is 12.1 Å². The molecular formula is C5H8N3S. The molecule has 49 valence electrons. The Morgan fingerprint density at radius 2 is 2.67 bits per heavy atom. The van der Waals surface area contributed by atoms with Gasteiger partial charge in [0.15, 0.2) is 0 Å². The van der Waals surface area contributed by atoms with Gasteiger partial charge in [0.05, 0.1) is 5.69 Å². The average Bonchev–Trinajstić information content (AvgIpc) is 2.37. The van der Waals surface area contributed by atoms with E-state index in [-0.39, 0.29) is 5.25 Å². The summed E-state index contributed by atoms with van der Waals surface area (Å²) >= 11 is 4.20. The molecule has 0 aromatic carbocycles. The van der Waals surface area contributed by atoms with E-state index in [0.717, 1.165) is 12.1 Å². The van der Waals surface area contributed by atoms with Crippen LogP contribution in [0, 0.1) is 6.92 Å². The van der Waals surface area contributed by atoms with Gasteiger partial charge in [-0.25, -0.2) is 0 Å². The fraction of sp³-hybridized carbons (Fsp3) is 0.400. The Kier molecular flexibility index (Phi) is 2.10. The minimum absolute atomic E-state index is 0.115. The molecule has 1 radical (unpaired) electrons. The van der Waals surface area contributed by atoms with Crippen molar-refractivity contribution in [1.82, 2.24) is 15.4 Å². The van der Waals surface area contributed by atoms with Gasteiger partial charge in [-0.2, -0.15) is 12.6 Å². The van der Waals surface area contributed by atoms with E-state index in [1.54, 1.807) is 6.20 Å². The number of hydrogen-bond acceptors (Lipinski definition) is 3. The van der Waals surface area contributed by atoms with Crippen molar-refractivity contribution in [3.05, 3.63) is 18.8 Å². The van der Waals surface area contributed by atoms with Crippen molar-refractivity contribution < 1.29 is 0 Å². The highest BCUT2D eigenvalue weighted by atomic mass is 32.1. The number of nitrogens with zero attached hydrogens (tertiary/aromatic N) is 2. The molecule has 0 saturated carbocycles. The van der Waals surface area contributed by atoms with Crippen LogP contribution in [0.25, 0.3) is 0 Å². The first-order valence-electron chi connectivity index (χ1n) is 2.68. The zero-order valence-corrected chi connectivity index (χ0v) is 5.80. The van der Waals surface area contributed by atoms with Crippen LogP contribution < -0.4 is 0 Å². The standard InChI is InChI=1S/C5H8N3S/c1-2-5(9)4-3-6-8-7-4/h3,5,9H,1-2H2,(H,6,7,8). The largest absolute Gasteiger partial charge is 0.265 e. The second-order valence-electron chi connectivity index (χ2n) is 1.70. The Labute approximate surface area is 59.3 Å². The summed E-state index contributed by atoms with van der Waals surface area (Å²) in [4.78, 5) is 0. The SMILES string of the molecule is [CH2]CC(S)c1c[nH]nn1. The Hall–Kier alpha value is -0.510. The molecule has 1 heterocycles. The van der Waals surface area contributed by atoms with E-state index in [0.29, 0.717) is 0 Å². The molecule has 0 aliphatic carbocycles. The minimum Gasteiger partial charge on any atom is -0.265 e. The topological polar surface area (TPSA) is 41.6 Å². The first kappa shape index (κ1) is 6.61. The van der Waals surface area contributed by atoms with Gasteiger partial charge in [0.2, 0.25) is 0 Å². The summed E-state index contributed by atoms with van der Waals surface area (Å²) in [7, 11) is 0. The van der Waals surface area contributed by atoms with Crippen LogP contribution in [0.5, 0.6) is 0 Å². The fourth-order valence-corrected chi connectivity index (χ4v) is 0.647. The third kappa shape index (κ3) is 1.45. The molecule has 0 amide bonds. The quantitative estimate of drug-likeness (QED) is 0.605.